The number of amides is 1. The van der Waals surface area contributed by atoms with E-state index in [9.17, 15) is 14.3 Å². The summed E-state index contributed by atoms with van der Waals surface area (Å²) in [5, 5.41) is 12.4. The molecule has 0 saturated carbocycles. The first-order valence-corrected chi connectivity index (χ1v) is 5.88. The SMILES string of the molecule is Cc1cc(NC(=O)[C@H](O)c2ccccc2)ccc1F. The summed E-state index contributed by atoms with van der Waals surface area (Å²) in [5.41, 5.74) is 1.41. The monoisotopic (exact) mass is 259 g/mol. The largest absolute Gasteiger partial charge is 0.378 e. The lowest BCUT2D eigenvalue weighted by atomic mass is 10.1. The van der Waals surface area contributed by atoms with Gasteiger partial charge in [-0.2, -0.15) is 0 Å². The molecule has 2 rings (SSSR count). The third kappa shape index (κ3) is 3.17. The van der Waals surface area contributed by atoms with Crippen LogP contribution >= 0.6 is 0 Å². The molecule has 0 heterocycles. The van der Waals surface area contributed by atoms with Crippen LogP contribution in [0.15, 0.2) is 48.5 Å². The Labute approximate surface area is 110 Å². The molecular weight excluding hydrogens is 245 g/mol. The van der Waals surface area contributed by atoms with Gasteiger partial charge in [0.05, 0.1) is 0 Å². The molecule has 1 amide bonds. The van der Waals surface area contributed by atoms with E-state index < -0.39 is 12.0 Å². The van der Waals surface area contributed by atoms with Crippen LogP contribution in [0.4, 0.5) is 10.1 Å². The first-order valence-electron chi connectivity index (χ1n) is 5.88. The average molecular weight is 259 g/mol. The average Bonchev–Trinajstić information content (AvgIpc) is 2.43. The van der Waals surface area contributed by atoms with Crippen LogP contribution in [-0.2, 0) is 4.79 Å². The van der Waals surface area contributed by atoms with E-state index in [0.29, 0.717) is 16.8 Å². The number of anilines is 1. The molecule has 0 aliphatic rings. The van der Waals surface area contributed by atoms with Gasteiger partial charge in [0.2, 0.25) is 0 Å². The number of halogens is 1. The summed E-state index contributed by atoms with van der Waals surface area (Å²) in [6.07, 6.45) is -1.24. The smallest absolute Gasteiger partial charge is 0.257 e. The number of hydrogen-bond donors (Lipinski definition) is 2. The fraction of sp³-hybridized carbons (Fsp3) is 0.133. The molecule has 0 aromatic heterocycles. The Hall–Kier alpha value is -2.20. The third-order valence-electron chi connectivity index (χ3n) is 2.79. The molecule has 0 bridgehead atoms. The van der Waals surface area contributed by atoms with Gasteiger partial charge < -0.3 is 10.4 Å². The minimum Gasteiger partial charge on any atom is -0.378 e. The van der Waals surface area contributed by atoms with Crippen LogP contribution in [0.3, 0.4) is 0 Å². The van der Waals surface area contributed by atoms with Crippen molar-refractivity contribution in [2.45, 2.75) is 13.0 Å². The Kier molecular flexibility index (Phi) is 3.92. The number of benzene rings is 2. The zero-order valence-electron chi connectivity index (χ0n) is 10.4. The summed E-state index contributed by atoms with van der Waals surface area (Å²) < 4.78 is 13.1. The highest BCUT2D eigenvalue weighted by molar-refractivity contribution is 5.94. The van der Waals surface area contributed by atoms with Crippen LogP contribution in [0.5, 0.6) is 0 Å². The minimum absolute atomic E-state index is 0.332. The van der Waals surface area contributed by atoms with E-state index in [1.807, 2.05) is 0 Å². The normalized spacial score (nSPS) is 11.9. The lowest BCUT2D eigenvalue weighted by molar-refractivity contribution is -0.124. The van der Waals surface area contributed by atoms with Crippen LogP contribution in [-0.4, -0.2) is 11.0 Å². The van der Waals surface area contributed by atoms with Crippen molar-refractivity contribution in [1.82, 2.24) is 0 Å². The molecule has 0 aliphatic carbocycles. The maximum Gasteiger partial charge on any atom is 0.257 e. The van der Waals surface area contributed by atoms with Gasteiger partial charge in [0, 0.05) is 5.69 Å². The lowest BCUT2D eigenvalue weighted by Gasteiger charge is -2.12. The number of aryl methyl sites for hydroxylation is 1. The molecule has 0 saturated heterocycles. The van der Waals surface area contributed by atoms with Gasteiger partial charge in [0.1, 0.15) is 5.82 Å². The van der Waals surface area contributed by atoms with Gasteiger partial charge in [0.25, 0.3) is 5.91 Å². The Morgan fingerprint density at radius 2 is 1.89 bits per heavy atom. The summed E-state index contributed by atoms with van der Waals surface area (Å²) in [7, 11) is 0. The third-order valence-corrected chi connectivity index (χ3v) is 2.79. The number of hydrogen-bond acceptors (Lipinski definition) is 2. The molecule has 0 fully saturated rings. The van der Waals surface area contributed by atoms with Crippen molar-refractivity contribution < 1.29 is 14.3 Å². The van der Waals surface area contributed by atoms with E-state index in [4.69, 9.17) is 0 Å². The quantitative estimate of drug-likeness (QED) is 0.890. The topological polar surface area (TPSA) is 49.3 Å². The summed E-state index contributed by atoms with van der Waals surface area (Å²) in [5.74, 6) is -0.876. The molecule has 0 radical (unpaired) electrons. The molecule has 19 heavy (non-hydrogen) atoms. The highest BCUT2D eigenvalue weighted by atomic mass is 19.1. The van der Waals surface area contributed by atoms with E-state index in [-0.39, 0.29) is 5.82 Å². The predicted octanol–water partition coefficient (Wildman–Crippen LogP) is 2.81. The molecule has 98 valence electrons. The van der Waals surface area contributed by atoms with Crippen LogP contribution in [0.1, 0.15) is 17.2 Å². The second kappa shape index (κ2) is 5.63. The minimum atomic E-state index is -1.24. The molecular formula is C15H14FNO2. The molecule has 4 heteroatoms. The summed E-state index contributed by atoms with van der Waals surface area (Å²) in [6, 6.07) is 12.9. The molecule has 1 atom stereocenters. The molecule has 2 aromatic rings. The van der Waals surface area contributed by atoms with Gasteiger partial charge in [-0.1, -0.05) is 30.3 Å². The van der Waals surface area contributed by atoms with Crippen molar-refractivity contribution in [3.8, 4) is 0 Å². The van der Waals surface area contributed by atoms with Crippen molar-refractivity contribution >= 4 is 11.6 Å². The molecule has 2 aromatic carbocycles. The zero-order valence-corrected chi connectivity index (χ0v) is 10.4. The van der Waals surface area contributed by atoms with Crippen LogP contribution in [0.25, 0.3) is 0 Å². The molecule has 2 N–H and O–H groups in total. The van der Waals surface area contributed by atoms with Crippen molar-refractivity contribution in [2.75, 3.05) is 5.32 Å². The molecule has 0 aliphatic heterocycles. The fourth-order valence-corrected chi connectivity index (χ4v) is 1.72. The van der Waals surface area contributed by atoms with Crippen LogP contribution in [0, 0.1) is 12.7 Å². The van der Waals surface area contributed by atoms with Gasteiger partial charge in [-0.25, -0.2) is 4.39 Å². The van der Waals surface area contributed by atoms with Crippen molar-refractivity contribution in [3.63, 3.8) is 0 Å². The highest BCUT2D eigenvalue weighted by Crippen LogP contribution is 2.17. The van der Waals surface area contributed by atoms with Gasteiger partial charge in [0.15, 0.2) is 6.10 Å². The van der Waals surface area contributed by atoms with E-state index in [2.05, 4.69) is 5.32 Å². The van der Waals surface area contributed by atoms with E-state index in [1.165, 1.54) is 18.2 Å². The van der Waals surface area contributed by atoms with Crippen molar-refractivity contribution in [1.29, 1.82) is 0 Å². The van der Waals surface area contributed by atoms with Crippen molar-refractivity contribution in [3.05, 3.63) is 65.5 Å². The number of aliphatic hydroxyl groups excluding tert-OH is 1. The maximum absolute atomic E-state index is 13.1. The number of carbonyl (C=O) groups is 1. The second-order valence-electron chi connectivity index (χ2n) is 4.27. The lowest BCUT2D eigenvalue weighted by Crippen LogP contribution is -2.20. The molecule has 0 unspecified atom stereocenters. The standard InChI is InChI=1S/C15H14FNO2/c1-10-9-12(7-8-13(10)16)17-15(19)14(18)11-5-3-2-4-6-11/h2-9,14,18H,1H3,(H,17,19)/t14-/m1/s1. The predicted molar refractivity (Wildman–Crippen MR) is 71.2 cm³/mol. The van der Waals surface area contributed by atoms with Gasteiger partial charge >= 0.3 is 0 Å². The number of rotatable bonds is 3. The van der Waals surface area contributed by atoms with E-state index in [1.54, 1.807) is 37.3 Å². The number of nitrogens with one attached hydrogen (secondary N) is 1. The number of aliphatic hydroxyl groups is 1. The Balaban J connectivity index is 2.10. The Morgan fingerprint density at radius 3 is 2.53 bits per heavy atom. The van der Waals surface area contributed by atoms with Crippen molar-refractivity contribution in [2.24, 2.45) is 0 Å². The highest BCUT2D eigenvalue weighted by Gasteiger charge is 2.17. The maximum atomic E-state index is 13.1. The first kappa shape index (κ1) is 13.2. The van der Waals surface area contributed by atoms with Crippen LogP contribution in [0.2, 0.25) is 0 Å². The molecule has 0 spiro atoms. The fourth-order valence-electron chi connectivity index (χ4n) is 1.72. The van der Waals surface area contributed by atoms with Gasteiger partial charge in [-0.05, 0) is 36.2 Å². The zero-order chi connectivity index (χ0) is 13.8. The summed E-state index contributed by atoms with van der Waals surface area (Å²) in [6.45, 7) is 1.61. The summed E-state index contributed by atoms with van der Waals surface area (Å²) in [4.78, 5) is 11.9. The van der Waals surface area contributed by atoms with E-state index >= 15 is 0 Å². The molecule has 3 nitrogen and oxygen atoms in total. The van der Waals surface area contributed by atoms with Crippen LogP contribution < -0.4 is 5.32 Å². The van der Waals surface area contributed by atoms with Gasteiger partial charge in [-0.3, -0.25) is 4.79 Å². The number of carbonyl (C=O) groups excluding carboxylic acids is 1. The van der Waals surface area contributed by atoms with E-state index in [0.717, 1.165) is 0 Å². The summed E-state index contributed by atoms with van der Waals surface area (Å²) >= 11 is 0. The second-order valence-corrected chi connectivity index (χ2v) is 4.27. The Morgan fingerprint density at radius 1 is 1.21 bits per heavy atom. The first-order chi connectivity index (χ1) is 9.08. The Bertz CT molecular complexity index is 584. The van der Waals surface area contributed by atoms with Gasteiger partial charge in [-0.15, -0.1) is 0 Å².